The molecule has 0 aromatic heterocycles. The van der Waals surface area contributed by atoms with E-state index in [2.05, 4.69) is 26.1 Å². The molecule has 1 heteroatoms. The zero-order valence-corrected chi connectivity index (χ0v) is 10.9. The van der Waals surface area contributed by atoms with Crippen molar-refractivity contribution in [2.75, 3.05) is 6.54 Å². The van der Waals surface area contributed by atoms with Gasteiger partial charge >= 0.3 is 0 Å². The second kappa shape index (κ2) is 7.27. The van der Waals surface area contributed by atoms with Crippen LogP contribution in [0.3, 0.4) is 0 Å². The molecule has 0 spiro atoms. The van der Waals surface area contributed by atoms with Crippen molar-refractivity contribution in [2.45, 2.75) is 71.8 Å². The summed E-state index contributed by atoms with van der Waals surface area (Å²) in [4.78, 5) is 0. The highest BCUT2D eigenvalue weighted by molar-refractivity contribution is 4.77. The molecule has 0 aromatic rings. The third kappa shape index (κ3) is 4.55. The molecule has 0 saturated heterocycles. The van der Waals surface area contributed by atoms with Gasteiger partial charge in [0.05, 0.1) is 0 Å². The molecule has 0 aliphatic heterocycles. The first-order valence-corrected chi connectivity index (χ1v) is 7.01. The van der Waals surface area contributed by atoms with Crippen LogP contribution >= 0.6 is 0 Å². The molecule has 0 bridgehead atoms. The Kier molecular flexibility index (Phi) is 6.31. The highest BCUT2D eigenvalue weighted by Gasteiger charge is 2.21. The van der Waals surface area contributed by atoms with E-state index in [0.29, 0.717) is 0 Å². The van der Waals surface area contributed by atoms with Gasteiger partial charge in [0.25, 0.3) is 0 Å². The maximum atomic E-state index is 3.68. The van der Waals surface area contributed by atoms with E-state index in [-0.39, 0.29) is 0 Å². The Morgan fingerprint density at radius 2 is 1.80 bits per heavy atom. The van der Waals surface area contributed by atoms with Gasteiger partial charge in [-0.05, 0) is 24.8 Å². The van der Waals surface area contributed by atoms with Crippen LogP contribution in [0.2, 0.25) is 0 Å². The maximum absolute atomic E-state index is 3.68. The molecule has 1 rings (SSSR count). The predicted molar refractivity (Wildman–Crippen MR) is 68.1 cm³/mol. The molecule has 0 amide bonds. The fourth-order valence-corrected chi connectivity index (χ4v) is 2.85. The van der Waals surface area contributed by atoms with Crippen LogP contribution in [-0.2, 0) is 0 Å². The molecule has 1 aliphatic rings. The fourth-order valence-electron chi connectivity index (χ4n) is 2.85. The van der Waals surface area contributed by atoms with Crippen LogP contribution in [0.5, 0.6) is 0 Å². The van der Waals surface area contributed by atoms with E-state index < -0.39 is 0 Å². The molecule has 1 N–H and O–H groups in total. The quantitative estimate of drug-likeness (QED) is 0.700. The van der Waals surface area contributed by atoms with Crippen LogP contribution in [-0.4, -0.2) is 12.6 Å². The van der Waals surface area contributed by atoms with E-state index in [1.165, 1.54) is 44.9 Å². The van der Waals surface area contributed by atoms with Crippen molar-refractivity contribution in [2.24, 2.45) is 11.8 Å². The molecule has 1 aliphatic carbocycles. The summed E-state index contributed by atoms with van der Waals surface area (Å²) in [6, 6.07) is 0.767. The van der Waals surface area contributed by atoms with E-state index >= 15 is 0 Å². The average molecular weight is 211 g/mol. The van der Waals surface area contributed by atoms with Crippen LogP contribution in [0.15, 0.2) is 0 Å². The van der Waals surface area contributed by atoms with Gasteiger partial charge in [0.2, 0.25) is 0 Å². The minimum absolute atomic E-state index is 0.767. The van der Waals surface area contributed by atoms with Crippen molar-refractivity contribution in [3.8, 4) is 0 Å². The molecule has 90 valence electrons. The lowest BCUT2D eigenvalue weighted by Crippen LogP contribution is -2.36. The molecule has 1 saturated carbocycles. The lowest BCUT2D eigenvalue weighted by atomic mass is 9.81. The van der Waals surface area contributed by atoms with Gasteiger partial charge in [-0.3, -0.25) is 0 Å². The average Bonchev–Trinajstić information content (AvgIpc) is 2.29. The summed E-state index contributed by atoms with van der Waals surface area (Å²) in [5.74, 6) is 1.85. The van der Waals surface area contributed by atoms with Crippen molar-refractivity contribution < 1.29 is 0 Å². The zero-order chi connectivity index (χ0) is 11.1. The van der Waals surface area contributed by atoms with Gasteiger partial charge in [-0.15, -0.1) is 0 Å². The molecule has 2 atom stereocenters. The second-order valence-corrected chi connectivity index (χ2v) is 5.29. The monoisotopic (exact) mass is 211 g/mol. The number of hydrogen-bond donors (Lipinski definition) is 1. The Morgan fingerprint density at radius 3 is 2.33 bits per heavy atom. The third-order valence-electron chi connectivity index (χ3n) is 4.11. The van der Waals surface area contributed by atoms with E-state index in [1.807, 2.05) is 0 Å². The molecule has 15 heavy (non-hydrogen) atoms. The topological polar surface area (TPSA) is 12.0 Å². The van der Waals surface area contributed by atoms with E-state index in [1.54, 1.807) is 0 Å². The van der Waals surface area contributed by atoms with Crippen LogP contribution in [0.25, 0.3) is 0 Å². The number of rotatable bonds is 6. The van der Waals surface area contributed by atoms with Gasteiger partial charge in [-0.1, -0.05) is 59.3 Å². The number of nitrogens with one attached hydrogen (secondary N) is 1. The molecule has 1 nitrogen and oxygen atoms in total. The van der Waals surface area contributed by atoms with Gasteiger partial charge in [0.1, 0.15) is 0 Å². The van der Waals surface area contributed by atoms with E-state index in [4.69, 9.17) is 0 Å². The summed E-state index contributed by atoms with van der Waals surface area (Å²) < 4.78 is 0. The van der Waals surface area contributed by atoms with Gasteiger partial charge in [0, 0.05) is 6.04 Å². The molecule has 2 unspecified atom stereocenters. The summed E-state index contributed by atoms with van der Waals surface area (Å²) in [5, 5.41) is 3.68. The van der Waals surface area contributed by atoms with Crippen molar-refractivity contribution in [1.82, 2.24) is 5.32 Å². The first kappa shape index (κ1) is 13.0. The molecule has 0 heterocycles. The first-order valence-electron chi connectivity index (χ1n) is 7.01. The van der Waals surface area contributed by atoms with Crippen LogP contribution in [0, 0.1) is 11.8 Å². The van der Waals surface area contributed by atoms with Crippen LogP contribution < -0.4 is 5.32 Å². The van der Waals surface area contributed by atoms with Crippen LogP contribution in [0.1, 0.15) is 65.7 Å². The lowest BCUT2D eigenvalue weighted by Gasteiger charge is -2.30. The van der Waals surface area contributed by atoms with Gasteiger partial charge < -0.3 is 5.32 Å². The third-order valence-corrected chi connectivity index (χ3v) is 4.11. The molecule has 1 fully saturated rings. The fraction of sp³-hybridized carbons (Fsp3) is 1.00. The standard InChI is InChI=1S/C14H29N/c1-4-12(3)14(15-5-2)11-13-9-7-6-8-10-13/h12-15H,4-11H2,1-3H3. The lowest BCUT2D eigenvalue weighted by molar-refractivity contribution is 0.256. The van der Waals surface area contributed by atoms with Gasteiger partial charge in [-0.25, -0.2) is 0 Å². The minimum Gasteiger partial charge on any atom is -0.314 e. The maximum Gasteiger partial charge on any atom is 0.00951 e. The van der Waals surface area contributed by atoms with Crippen molar-refractivity contribution in [1.29, 1.82) is 0 Å². The van der Waals surface area contributed by atoms with Gasteiger partial charge in [0.15, 0.2) is 0 Å². The number of hydrogen-bond acceptors (Lipinski definition) is 1. The molecular formula is C14H29N. The SMILES string of the molecule is CCNC(CC1CCCCC1)C(C)CC. The smallest absolute Gasteiger partial charge is 0.00951 e. The highest BCUT2D eigenvalue weighted by Crippen LogP contribution is 2.29. The van der Waals surface area contributed by atoms with Crippen molar-refractivity contribution >= 4 is 0 Å². The van der Waals surface area contributed by atoms with E-state index in [9.17, 15) is 0 Å². The minimum atomic E-state index is 0.767. The predicted octanol–water partition coefficient (Wildman–Crippen LogP) is 3.98. The Bertz CT molecular complexity index is 149. The Labute approximate surface area is 96.0 Å². The van der Waals surface area contributed by atoms with Crippen molar-refractivity contribution in [3.05, 3.63) is 0 Å². The van der Waals surface area contributed by atoms with Crippen molar-refractivity contribution in [3.63, 3.8) is 0 Å². The summed E-state index contributed by atoms with van der Waals surface area (Å²) in [7, 11) is 0. The van der Waals surface area contributed by atoms with E-state index in [0.717, 1.165) is 24.4 Å². The first-order chi connectivity index (χ1) is 7.27. The summed E-state index contributed by atoms with van der Waals surface area (Å²) in [6.45, 7) is 8.07. The summed E-state index contributed by atoms with van der Waals surface area (Å²) in [6.07, 6.45) is 10.1. The zero-order valence-electron chi connectivity index (χ0n) is 10.9. The summed E-state index contributed by atoms with van der Waals surface area (Å²) >= 11 is 0. The normalized spacial score (nSPS) is 22.6. The Hall–Kier alpha value is -0.0400. The molecular weight excluding hydrogens is 182 g/mol. The Morgan fingerprint density at radius 1 is 1.13 bits per heavy atom. The highest BCUT2D eigenvalue weighted by atomic mass is 14.9. The van der Waals surface area contributed by atoms with Crippen LogP contribution in [0.4, 0.5) is 0 Å². The largest absolute Gasteiger partial charge is 0.314 e. The second-order valence-electron chi connectivity index (χ2n) is 5.29. The summed E-state index contributed by atoms with van der Waals surface area (Å²) in [5.41, 5.74) is 0. The Balaban J connectivity index is 2.34. The van der Waals surface area contributed by atoms with Gasteiger partial charge in [-0.2, -0.15) is 0 Å². The molecule has 0 aromatic carbocycles. The molecule has 0 radical (unpaired) electrons.